The number of hydrogen-bond donors (Lipinski definition) is 1. The van der Waals surface area contributed by atoms with E-state index in [1.165, 1.54) is 30.5 Å². The first-order valence-electron chi connectivity index (χ1n) is 8.28. The fraction of sp³-hybridized carbons (Fsp3) is 0.667. The lowest BCUT2D eigenvalue weighted by atomic mass is 9.98. The molecule has 1 N–H and O–H groups in total. The van der Waals surface area contributed by atoms with Crippen LogP contribution >= 0.6 is 0 Å². The zero-order valence-corrected chi connectivity index (χ0v) is 13.7. The van der Waals surface area contributed by atoms with Gasteiger partial charge in [0.05, 0.1) is 0 Å². The molecule has 1 aromatic rings. The normalized spacial score (nSPS) is 23.4. The van der Waals surface area contributed by atoms with Gasteiger partial charge in [0.25, 0.3) is 0 Å². The summed E-state index contributed by atoms with van der Waals surface area (Å²) in [5, 5.41) is 3.65. The van der Waals surface area contributed by atoms with Crippen LogP contribution in [0.3, 0.4) is 0 Å². The van der Waals surface area contributed by atoms with Crippen molar-refractivity contribution in [1.29, 1.82) is 0 Å². The summed E-state index contributed by atoms with van der Waals surface area (Å²) in [4.78, 5) is 5.08. The molecule has 1 saturated carbocycles. The van der Waals surface area contributed by atoms with Crippen LogP contribution in [-0.2, 0) is 13.1 Å². The van der Waals surface area contributed by atoms with Crippen LogP contribution in [0.1, 0.15) is 37.8 Å². The number of nitrogens with zero attached hydrogens (tertiary/aromatic N) is 2. The summed E-state index contributed by atoms with van der Waals surface area (Å²) in [6.07, 6.45) is 2.71. The molecule has 0 unspecified atom stereocenters. The van der Waals surface area contributed by atoms with Gasteiger partial charge in [-0.15, -0.1) is 0 Å². The molecule has 0 atom stereocenters. The van der Waals surface area contributed by atoms with Gasteiger partial charge in [-0.1, -0.05) is 24.3 Å². The summed E-state index contributed by atoms with van der Waals surface area (Å²) < 4.78 is 0. The van der Waals surface area contributed by atoms with Crippen LogP contribution in [0.25, 0.3) is 0 Å². The highest BCUT2D eigenvalue weighted by Gasteiger charge is 2.31. The van der Waals surface area contributed by atoms with Crippen LogP contribution in [0.15, 0.2) is 24.3 Å². The molecule has 3 nitrogen and oxygen atoms in total. The molecule has 0 bridgehead atoms. The van der Waals surface area contributed by atoms with Gasteiger partial charge >= 0.3 is 0 Å². The highest BCUT2D eigenvalue weighted by molar-refractivity contribution is 5.27. The number of hydrogen-bond acceptors (Lipinski definition) is 3. The fourth-order valence-electron chi connectivity index (χ4n) is 3.14. The Balaban J connectivity index is 1.63. The monoisotopic (exact) mass is 287 g/mol. The Bertz CT molecular complexity index is 479. The van der Waals surface area contributed by atoms with Gasteiger partial charge in [-0.25, -0.2) is 0 Å². The highest BCUT2D eigenvalue weighted by atomic mass is 15.3. The first-order chi connectivity index (χ1) is 10.0. The zero-order chi connectivity index (χ0) is 14.9. The topological polar surface area (TPSA) is 18.5 Å². The molecule has 3 heteroatoms. The molecule has 1 aliphatic carbocycles. The smallest absolute Gasteiger partial charge is 0.0277 e. The minimum Gasteiger partial charge on any atom is -0.310 e. The lowest BCUT2D eigenvalue weighted by Gasteiger charge is -2.45. The van der Waals surface area contributed by atoms with E-state index in [-0.39, 0.29) is 5.54 Å². The Morgan fingerprint density at radius 3 is 2.52 bits per heavy atom. The molecule has 0 amide bonds. The minimum atomic E-state index is 0.277. The van der Waals surface area contributed by atoms with Crippen LogP contribution in [-0.4, -0.2) is 48.1 Å². The molecule has 0 radical (unpaired) electrons. The molecule has 0 spiro atoms. The summed E-state index contributed by atoms with van der Waals surface area (Å²) in [7, 11) is 2.24. The molecule has 3 rings (SSSR count). The van der Waals surface area contributed by atoms with E-state index in [2.05, 4.69) is 60.3 Å². The SMILES string of the molecule is CN1CCN(Cc2ccccc2CNC2CC2)CC1(C)C. The molecule has 2 aliphatic rings. The van der Waals surface area contributed by atoms with E-state index in [4.69, 9.17) is 0 Å². The molecule has 1 saturated heterocycles. The Hall–Kier alpha value is -0.900. The van der Waals surface area contributed by atoms with Crippen molar-refractivity contribution in [2.75, 3.05) is 26.7 Å². The average Bonchev–Trinajstić information content (AvgIpc) is 3.26. The zero-order valence-electron chi connectivity index (χ0n) is 13.7. The Labute approximate surface area is 129 Å². The van der Waals surface area contributed by atoms with Gasteiger partial charge < -0.3 is 5.32 Å². The molecule has 1 aliphatic heterocycles. The second kappa shape index (κ2) is 6.07. The van der Waals surface area contributed by atoms with Crippen molar-refractivity contribution in [3.05, 3.63) is 35.4 Å². The quantitative estimate of drug-likeness (QED) is 0.897. The van der Waals surface area contributed by atoms with E-state index in [0.717, 1.165) is 32.2 Å². The van der Waals surface area contributed by atoms with Crippen molar-refractivity contribution in [3.8, 4) is 0 Å². The maximum atomic E-state index is 3.65. The lowest BCUT2D eigenvalue weighted by molar-refractivity contribution is 0.0359. The van der Waals surface area contributed by atoms with Gasteiger partial charge in [-0.3, -0.25) is 9.80 Å². The Kier molecular flexibility index (Phi) is 4.34. The third kappa shape index (κ3) is 3.85. The van der Waals surface area contributed by atoms with E-state index in [1.807, 2.05) is 0 Å². The standard InChI is InChI=1S/C18H29N3/c1-18(2)14-21(11-10-20(18)3)13-16-7-5-4-6-15(16)12-19-17-8-9-17/h4-7,17,19H,8-14H2,1-3H3. The average molecular weight is 287 g/mol. The van der Waals surface area contributed by atoms with E-state index in [9.17, 15) is 0 Å². The fourth-order valence-corrected chi connectivity index (χ4v) is 3.14. The Morgan fingerprint density at radius 2 is 1.86 bits per heavy atom. The van der Waals surface area contributed by atoms with Crippen molar-refractivity contribution in [3.63, 3.8) is 0 Å². The van der Waals surface area contributed by atoms with Crippen molar-refractivity contribution in [2.24, 2.45) is 0 Å². The van der Waals surface area contributed by atoms with Crippen LogP contribution in [0, 0.1) is 0 Å². The van der Waals surface area contributed by atoms with Crippen molar-refractivity contribution < 1.29 is 0 Å². The summed E-state index contributed by atoms with van der Waals surface area (Å²) in [6, 6.07) is 9.71. The summed E-state index contributed by atoms with van der Waals surface area (Å²) in [5.41, 5.74) is 3.24. The highest BCUT2D eigenvalue weighted by Crippen LogP contribution is 2.23. The largest absolute Gasteiger partial charge is 0.310 e. The third-order valence-electron chi connectivity index (χ3n) is 5.07. The second-order valence-corrected chi connectivity index (χ2v) is 7.37. The molecular formula is C18H29N3. The maximum absolute atomic E-state index is 3.65. The predicted molar refractivity (Wildman–Crippen MR) is 88.3 cm³/mol. The van der Waals surface area contributed by atoms with E-state index in [1.54, 1.807) is 0 Å². The van der Waals surface area contributed by atoms with Crippen LogP contribution < -0.4 is 5.32 Å². The van der Waals surface area contributed by atoms with Gasteiger partial charge in [0.15, 0.2) is 0 Å². The molecule has 2 fully saturated rings. The minimum absolute atomic E-state index is 0.277. The van der Waals surface area contributed by atoms with Crippen LogP contribution in [0.4, 0.5) is 0 Å². The van der Waals surface area contributed by atoms with Crippen molar-refractivity contribution in [2.45, 2.75) is 51.4 Å². The molecular weight excluding hydrogens is 258 g/mol. The molecule has 116 valence electrons. The van der Waals surface area contributed by atoms with Gasteiger partial charge in [-0.05, 0) is 44.9 Å². The van der Waals surface area contributed by atoms with Crippen LogP contribution in [0.5, 0.6) is 0 Å². The lowest BCUT2D eigenvalue weighted by Crippen LogP contribution is -2.57. The third-order valence-corrected chi connectivity index (χ3v) is 5.07. The first kappa shape index (κ1) is 15.0. The number of piperazine rings is 1. The Morgan fingerprint density at radius 1 is 1.14 bits per heavy atom. The second-order valence-electron chi connectivity index (χ2n) is 7.37. The molecule has 21 heavy (non-hydrogen) atoms. The molecule has 0 aromatic heterocycles. The van der Waals surface area contributed by atoms with E-state index in [0.29, 0.717) is 0 Å². The van der Waals surface area contributed by atoms with Crippen molar-refractivity contribution in [1.82, 2.24) is 15.1 Å². The van der Waals surface area contributed by atoms with Crippen molar-refractivity contribution >= 4 is 0 Å². The van der Waals surface area contributed by atoms with Gasteiger partial charge in [0.1, 0.15) is 0 Å². The summed E-state index contributed by atoms with van der Waals surface area (Å²) in [5.74, 6) is 0. The van der Waals surface area contributed by atoms with Gasteiger partial charge in [0, 0.05) is 44.3 Å². The van der Waals surface area contributed by atoms with Gasteiger partial charge in [-0.2, -0.15) is 0 Å². The number of rotatable bonds is 5. The number of nitrogens with one attached hydrogen (secondary N) is 1. The predicted octanol–water partition coefficient (Wildman–Crippen LogP) is 2.46. The van der Waals surface area contributed by atoms with Gasteiger partial charge in [0.2, 0.25) is 0 Å². The molecule has 1 heterocycles. The first-order valence-corrected chi connectivity index (χ1v) is 8.28. The van der Waals surface area contributed by atoms with E-state index < -0.39 is 0 Å². The number of likely N-dealkylation sites (N-methyl/N-ethyl adjacent to an activating group) is 1. The van der Waals surface area contributed by atoms with Crippen LogP contribution in [0.2, 0.25) is 0 Å². The molecule has 1 aromatic carbocycles. The summed E-state index contributed by atoms with van der Waals surface area (Å²) >= 11 is 0. The van der Waals surface area contributed by atoms with E-state index >= 15 is 0 Å². The maximum Gasteiger partial charge on any atom is 0.0277 e. The summed E-state index contributed by atoms with van der Waals surface area (Å²) in [6.45, 7) is 10.3. The number of benzene rings is 1.